The molecule has 0 unspecified atom stereocenters. The summed E-state index contributed by atoms with van der Waals surface area (Å²) in [7, 11) is 0. The van der Waals surface area contributed by atoms with Crippen LogP contribution in [0.3, 0.4) is 0 Å². The van der Waals surface area contributed by atoms with Crippen molar-refractivity contribution in [2.45, 2.75) is 39.7 Å². The van der Waals surface area contributed by atoms with Crippen LogP contribution in [-0.2, 0) is 19.4 Å². The SMILES string of the molecule is CCc1cc(OCc2ccc(-c3[nH]c(C)cc3CCC#N)cc2)c2ccccc2n1. The molecule has 0 bridgehead atoms. The maximum Gasteiger partial charge on any atom is 0.131 e. The minimum Gasteiger partial charge on any atom is -0.488 e. The molecule has 2 heterocycles. The van der Waals surface area contributed by atoms with E-state index in [0.717, 1.165) is 57.7 Å². The summed E-state index contributed by atoms with van der Waals surface area (Å²) in [4.78, 5) is 8.11. The molecule has 150 valence electrons. The highest BCUT2D eigenvalue weighted by molar-refractivity contribution is 5.85. The van der Waals surface area contributed by atoms with E-state index in [1.807, 2.05) is 31.2 Å². The third kappa shape index (κ3) is 4.21. The van der Waals surface area contributed by atoms with Gasteiger partial charge in [0.2, 0.25) is 0 Å². The smallest absolute Gasteiger partial charge is 0.131 e. The number of aromatic nitrogens is 2. The van der Waals surface area contributed by atoms with Crippen molar-refractivity contribution >= 4 is 10.9 Å². The van der Waals surface area contributed by atoms with Crippen LogP contribution < -0.4 is 4.74 Å². The molecule has 1 N–H and O–H groups in total. The second kappa shape index (κ2) is 8.84. The van der Waals surface area contributed by atoms with Gasteiger partial charge in [0.15, 0.2) is 0 Å². The molecule has 0 saturated heterocycles. The number of aromatic amines is 1. The normalized spacial score (nSPS) is 10.8. The Balaban J connectivity index is 1.53. The molecule has 0 radical (unpaired) electrons. The van der Waals surface area contributed by atoms with Crippen LogP contribution in [0.1, 0.15) is 35.9 Å². The maximum absolute atomic E-state index is 8.91. The van der Waals surface area contributed by atoms with E-state index in [2.05, 4.69) is 59.4 Å². The van der Waals surface area contributed by atoms with Crippen LogP contribution >= 0.6 is 0 Å². The fourth-order valence-corrected chi connectivity index (χ4v) is 3.72. The fraction of sp³-hybridized carbons (Fsp3) is 0.231. The van der Waals surface area contributed by atoms with E-state index >= 15 is 0 Å². The summed E-state index contributed by atoms with van der Waals surface area (Å²) in [6.45, 7) is 4.65. The van der Waals surface area contributed by atoms with Crippen molar-refractivity contribution in [2.24, 2.45) is 0 Å². The minimum absolute atomic E-state index is 0.502. The number of nitrogens with zero attached hydrogens (tertiary/aromatic N) is 2. The van der Waals surface area contributed by atoms with Gasteiger partial charge in [-0.2, -0.15) is 5.26 Å². The van der Waals surface area contributed by atoms with Gasteiger partial charge < -0.3 is 9.72 Å². The molecular weight excluding hydrogens is 370 g/mol. The van der Waals surface area contributed by atoms with Gasteiger partial charge >= 0.3 is 0 Å². The molecule has 0 fully saturated rings. The average molecular weight is 396 g/mol. The molecule has 4 heteroatoms. The molecule has 0 atom stereocenters. The molecule has 0 aliphatic rings. The second-order valence-corrected chi connectivity index (χ2v) is 7.48. The molecule has 0 spiro atoms. The Bertz CT molecular complexity index is 1200. The van der Waals surface area contributed by atoms with Gasteiger partial charge in [0.05, 0.1) is 11.6 Å². The third-order valence-electron chi connectivity index (χ3n) is 5.27. The van der Waals surface area contributed by atoms with Crippen LogP contribution in [0.4, 0.5) is 0 Å². The predicted molar refractivity (Wildman–Crippen MR) is 120 cm³/mol. The predicted octanol–water partition coefficient (Wildman–Crippen LogP) is 6.14. The molecule has 2 aromatic carbocycles. The number of ether oxygens (including phenoxy) is 1. The summed E-state index contributed by atoms with van der Waals surface area (Å²) in [6.07, 6.45) is 2.16. The lowest BCUT2D eigenvalue weighted by Gasteiger charge is -2.11. The first-order valence-corrected chi connectivity index (χ1v) is 10.3. The number of hydrogen-bond donors (Lipinski definition) is 1. The Hall–Kier alpha value is -3.58. The molecular formula is C26H25N3O. The largest absolute Gasteiger partial charge is 0.488 e. The highest BCUT2D eigenvalue weighted by Crippen LogP contribution is 2.28. The van der Waals surface area contributed by atoms with Crippen LogP contribution in [0.15, 0.2) is 60.7 Å². The molecule has 0 aliphatic carbocycles. The monoisotopic (exact) mass is 395 g/mol. The lowest BCUT2D eigenvalue weighted by molar-refractivity contribution is 0.309. The van der Waals surface area contributed by atoms with Crippen LogP contribution in [0.2, 0.25) is 0 Å². The second-order valence-electron chi connectivity index (χ2n) is 7.48. The van der Waals surface area contributed by atoms with Crippen LogP contribution in [0.5, 0.6) is 5.75 Å². The zero-order chi connectivity index (χ0) is 20.9. The zero-order valence-electron chi connectivity index (χ0n) is 17.4. The average Bonchev–Trinajstić information content (AvgIpc) is 3.16. The molecule has 4 rings (SSSR count). The number of pyridine rings is 1. The Kier molecular flexibility index (Phi) is 5.81. The van der Waals surface area contributed by atoms with E-state index in [4.69, 9.17) is 10.00 Å². The van der Waals surface area contributed by atoms with Crippen molar-refractivity contribution in [2.75, 3.05) is 0 Å². The number of H-pyrrole nitrogens is 1. The first kappa shape index (κ1) is 19.7. The van der Waals surface area contributed by atoms with Crippen molar-refractivity contribution in [3.05, 3.63) is 83.2 Å². The van der Waals surface area contributed by atoms with Crippen molar-refractivity contribution in [3.8, 4) is 23.1 Å². The van der Waals surface area contributed by atoms with E-state index in [1.54, 1.807) is 0 Å². The summed E-state index contributed by atoms with van der Waals surface area (Å²) >= 11 is 0. The van der Waals surface area contributed by atoms with Crippen molar-refractivity contribution in [1.82, 2.24) is 9.97 Å². The first-order chi connectivity index (χ1) is 14.7. The maximum atomic E-state index is 8.91. The molecule has 0 saturated carbocycles. The molecule has 2 aromatic heterocycles. The van der Waals surface area contributed by atoms with E-state index in [0.29, 0.717) is 13.0 Å². The number of aryl methyl sites for hydroxylation is 3. The van der Waals surface area contributed by atoms with Crippen molar-refractivity contribution < 1.29 is 4.74 Å². The highest BCUT2D eigenvalue weighted by Gasteiger charge is 2.10. The summed E-state index contributed by atoms with van der Waals surface area (Å²) in [6, 6.07) is 22.9. The molecule has 4 nitrogen and oxygen atoms in total. The van der Waals surface area contributed by atoms with Gasteiger partial charge in [-0.3, -0.25) is 4.98 Å². The standard InChI is InChI=1S/C26H25N3O/c1-3-22-16-25(23-8-4-5-9-24(23)29-22)30-17-19-10-12-20(13-11-19)26-21(7-6-14-27)15-18(2)28-26/h4-5,8-13,15-16,28H,3,6-7,17H2,1-2H3. The van der Waals surface area contributed by atoms with Crippen molar-refractivity contribution in [3.63, 3.8) is 0 Å². The number of fused-ring (bicyclic) bond motifs is 1. The van der Waals surface area contributed by atoms with Crippen LogP contribution in [0.25, 0.3) is 22.2 Å². The summed E-state index contributed by atoms with van der Waals surface area (Å²) in [5, 5.41) is 9.94. The highest BCUT2D eigenvalue weighted by atomic mass is 16.5. The van der Waals surface area contributed by atoms with E-state index in [-0.39, 0.29) is 0 Å². The quantitative estimate of drug-likeness (QED) is 0.409. The number of benzene rings is 2. The number of nitriles is 1. The van der Waals surface area contributed by atoms with Gasteiger partial charge in [-0.1, -0.05) is 43.3 Å². The van der Waals surface area contributed by atoms with Crippen LogP contribution in [0, 0.1) is 18.3 Å². The first-order valence-electron chi connectivity index (χ1n) is 10.3. The summed E-state index contributed by atoms with van der Waals surface area (Å²) in [5.41, 5.74) is 7.64. The van der Waals surface area contributed by atoms with Gasteiger partial charge in [-0.15, -0.1) is 0 Å². The minimum atomic E-state index is 0.502. The number of nitrogens with one attached hydrogen (secondary N) is 1. The lowest BCUT2D eigenvalue weighted by atomic mass is 10.0. The van der Waals surface area contributed by atoms with E-state index in [9.17, 15) is 0 Å². The summed E-state index contributed by atoms with van der Waals surface area (Å²) in [5.74, 6) is 0.875. The molecule has 0 amide bonds. The Morgan fingerprint density at radius 3 is 2.63 bits per heavy atom. The Labute approximate surface area is 177 Å². The van der Waals surface area contributed by atoms with E-state index < -0.39 is 0 Å². The lowest BCUT2D eigenvalue weighted by Crippen LogP contribution is -1.99. The number of para-hydroxylation sites is 1. The Morgan fingerprint density at radius 1 is 1.07 bits per heavy atom. The molecule has 0 aliphatic heterocycles. The van der Waals surface area contributed by atoms with Gasteiger partial charge in [-0.25, -0.2) is 0 Å². The number of rotatable bonds is 7. The number of hydrogen-bond acceptors (Lipinski definition) is 3. The summed E-state index contributed by atoms with van der Waals surface area (Å²) < 4.78 is 6.19. The Morgan fingerprint density at radius 2 is 1.87 bits per heavy atom. The van der Waals surface area contributed by atoms with Gasteiger partial charge in [0.25, 0.3) is 0 Å². The third-order valence-corrected chi connectivity index (χ3v) is 5.27. The topological polar surface area (TPSA) is 61.7 Å². The van der Waals surface area contributed by atoms with Gasteiger partial charge in [0.1, 0.15) is 12.4 Å². The molecule has 4 aromatic rings. The molecule has 30 heavy (non-hydrogen) atoms. The van der Waals surface area contributed by atoms with Gasteiger partial charge in [-0.05, 0) is 54.7 Å². The van der Waals surface area contributed by atoms with Crippen LogP contribution in [-0.4, -0.2) is 9.97 Å². The zero-order valence-corrected chi connectivity index (χ0v) is 17.4. The van der Waals surface area contributed by atoms with Gasteiger partial charge in [0, 0.05) is 35.0 Å². The van der Waals surface area contributed by atoms with E-state index in [1.165, 1.54) is 5.56 Å². The fourth-order valence-electron chi connectivity index (χ4n) is 3.72. The van der Waals surface area contributed by atoms with Crippen molar-refractivity contribution in [1.29, 1.82) is 5.26 Å².